The van der Waals surface area contributed by atoms with Gasteiger partial charge in [-0.3, -0.25) is 14.6 Å². The van der Waals surface area contributed by atoms with E-state index in [4.69, 9.17) is 16.3 Å². The first kappa shape index (κ1) is 23.3. The molecule has 1 aromatic heterocycles. The highest BCUT2D eigenvalue weighted by Crippen LogP contribution is 2.20. The smallest absolute Gasteiger partial charge is 0.258 e. The molecular formula is C21H23ClFN3O4. The summed E-state index contributed by atoms with van der Waals surface area (Å²) in [7, 11) is 0. The molecule has 0 saturated carbocycles. The van der Waals surface area contributed by atoms with E-state index in [1.54, 1.807) is 24.5 Å². The van der Waals surface area contributed by atoms with Gasteiger partial charge in [-0.2, -0.15) is 0 Å². The maximum absolute atomic E-state index is 13.4. The van der Waals surface area contributed by atoms with Crippen LogP contribution in [0.2, 0.25) is 5.02 Å². The van der Waals surface area contributed by atoms with Crippen LogP contribution in [0.1, 0.15) is 12.0 Å². The Balaban J connectivity index is 1.71. The molecule has 7 nitrogen and oxygen atoms in total. The minimum absolute atomic E-state index is 0.0276. The van der Waals surface area contributed by atoms with Crippen molar-refractivity contribution in [2.45, 2.75) is 25.0 Å². The fourth-order valence-electron chi connectivity index (χ4n) is 2.54. The van der Waals surface area contributed by atoms with Crippen molar-refractivity contribution in [3.8, 4) is 5.75 Å². The van der Waals surface area contributed by atoms with Gasteiger partial charge in [0.25, 0.3) is 5.91 Å². The average molecular weight is 436 g/mol. The quantitative estimate of drug-likeness (QED) is 0.469. The van der Waals surface area contributed by atoms with E-state index < -0.39 is 23.9 Å². The lowest BCUT2D eigenvalue weighted by molar-refractivity contribution is -0.124. The number of rotatable bonds is 11. The number of hydrogen-bond donors (Lipinski definition) is 3. The summed E-state index contributed by atoms with van der Waals surface area (Å²) in [4.78, 5) is 27.9. The van der Waals surface area contributed by atoms with Gasteiger partial charge in [-0.05, 0) is 30.2 Å². The summed E-state index contributed by atoms with van der Waals surface area (Å²) in [5.74, 6) is -1.20. The molecule has 2 unspecified atom stereocenters. The van der Waals surface area contributed by atoms with Crippen LogP contribution in [0, 0.1) is 5.82 Å². The van der Waals surface area contributed by atoms with Gasteiger partial charge in [0.15, 0.2) is 6.61 Å². The van der Waals surface area contributed by atoms with E-state index in [0.29, 0.717) is 0 Å². The van der Waals surface area contributed by atoms with Crippen LogP contribution < -0.4 is 15.4 Å². The lowest BCUT2D eigenvalue weighted by atomic mass is 10.1. The van der Waals surface area contributed by atoms with Crippen molar-refractivity contribution in [3.63, 3.8) is 0 Å². The second kappa shape index (κ2) is 11.9. The van der Waals surface area contributed by atoms with Gasteiger partial charge in [-0.1, -0.05) is 23.7 Å². The molecule has 2 amide bonds. The number of nitrogens with one attached hydrogen (secondary N) is 2. The van der Waals surface area contributed by atoms with E-state index in [9.17, 15) is 19.1 Å². The maximum Gasteiger partial charge on any atom is 0.258 e. The van der Waals surface area contributed by atoms with Crippen LogP contribution in [-0.2, 0) is 16.0 Å². The van der Waals surface area contributed by atoms with Gasteiger partial charge >= 0.3 is 0 Å². The Morgan fingerprint density at radius 1 is 1.33 bits per heavy atom. The molecule has 0 aliphatic heterocycles. The van der Waals surface area contributed by atoms with Gasteiger partial charge in [0.1, 0.15) is 11.6 Å². The molecule has 2 aromatic rings. The normalized spacial score (nSPS) is 12.5. The fraction of sp³-hybridized carbons (Fsp3) is 0.286. The fourth-order valence-corrected chi connectivity index (χ4v) is 2.65. The molecule has 0 saturated heterocycles. The van der Waals surface area contributed by atoms with Crippen LogP contribution in [0.25, 0.3) is 0 Å². The largest absolute Gasteiger partial charge is 0.484 e. The predicted octanol–water partition coefficient (Wildman–Crippen LogP) is 2.03. The number of nitrogens with zero attached hydrogens (tertiary/aromatic N) is 1. The first-order valence-electron chi connectivity index (χ1n) is 9.20. The number of aliphatic hydroxyl groups is 1. The standard InChI is InChI=1S/C21H23ClFN3O4/c1-2-15(26-21(29)13-30-17-5-6-18(22)19(23)10-17)9-16(27)12-25-20(28)8-14-4-3-7-24-11-14/h2-7,10-11,15-16,27H,1,8-9,12-13H2,(H,25,28)(H,26,29). The molecule has 160 valence electrons. The molecule has 30 heavy (non-hydrogen) atoms. The van der Waals surface area contributed by atoms with E-state index in [2.05, 4.69) is 22.2 Å². The van der Waals surface area contributed by atoms with Crippen LogP contribution >= 0.6 is 11.6 Å². The number of amides is 2. The number of pyridine rings is 1. The Hall–Kier alpha value is -2.97. The van der Waals surface area contributed by atoms with Gasteiger partial charge in [-0.25, -0.2) is 4.39 Å². The first-order valence-corrected chi connectivity index (χ1v) is 9.58. The summed E-state index contributed by atoms with van der Waals surface area (Å²) in [6.07, 6.45) is 4.11. The molecule has 2 atom stereocenters. The molecular weight excluding hydrogens is 413 g/mol. The molecule has 0 radical (unpaired) electrons. The highest BCUT2D eigenvalue weighted by molar-refractivity contribution is 6.30. The molecule has 3 N–H and O–H groups in total. The van der Waals surface area contributed by atoms with Crippen LogP contribution in [0.4, 0.5) is 4.39 Å². The first-order chi connectivity index (χ1) is 14.4. The number of aliphatic hydroxyl groups excluding tert-OH is 1. The van der Waals surface area contributed by atoms with Gasteiger partial charge in [0.05, 0.1) is 17.5 Å². The van der Waals surface area contributed by atoms with Crippen molar-refractivity contribution in [2.24, 2.45) is 0 Å². The van der Waals surface area contributed by atoms with Crippen LogP contribution in [0.15, 0.2) is 55.4 Å². The minimum Gasteiger partial charge on any atom is -0.484 e. The summed E-state index contributed by atoms with van der Waals surface area (Å²) >= 11 is 5.59. The zero-order valence-electron chi connectivity index (χ0n) is 16.2. The number of halogens is 2. The molecule has 0 aliphatic rings. The van der Waals surface area contributed by atoms with E-state index in [-0.39, 0.29) is 42.7 Å². The van der Waals surface area contributed by atoms with Crippen molar-refractivity contribution in [3.05, 3.63) is 71.8 Å². The van der Waals surface area contributed by atoms with Crippen molar-refractivity contribution in [1.82, 2.24) is 15.6 Å². The second-order valence-electron chi connectivity index (χ2n) is 6.51. The van der Waals surface area contributed by atoms with Gasteiger partial charge in [0, 0.05) is 31.0 Å². The summed E-state index contributed by atoms with van der Waals surface area (Å²) in [6.45, 7) is 3.32. The van der Waals surface area contributed by atoms with Crippen molar-refractivity contribution < 1.29 is 23.8 Å². The zero-order chi connectivity index (χ0) is 21.9. The molecule has 0 aliphatic carbocycles. The SMILES string of the molecule is C=CC(CC(O)CNC(=O)Cc1cccnc1)NC(=O)COc1ccc(Cl)c(F)c1. The summed E-state index contributed by atoms with van der Waals surface area (Å²) in [5, 5.41) is 15.4. The minimum atomic E-state index is -0.891. The summed E-state index contributed by atoms with van der Waals surface area (Å²) < 4.78 is 18.6. The third-order valence-corrected chi connectivity index (χ3v) is 4.35. The molecule has 0 bridgehead atoms. The van der Waals surface area contributed by atoms with Crippen molar-refractivity contribution >= 4 is 23.4 Å². The summed E-state index contributed by atoms with van der Waals surface area (Å²) in [5.41, 5.74) is 0.765. The highest BCUT2D eigenvalue weighted by Gasteiger charge is 2.16. The van der Waals surface area contributed by atoms with E-state index >= 15 is 0 Å². The molecule has 0 spiro atoms. The topological polar surface area (TPSA) is 101 Å². The van der Waals surface area contributed by atoms with Gasteiger partial charge in [-0.15, -0.1) is 6.58 Å². The monoisotopic (exact) mass is 435 g/mol. The Kier molecular flexibility index (Phi) is 9.24. The second-order valence-corrected chi connectivity index (χ2v) is 6.91. The van der Waals surface area contributed by atoms with Crippen molar-refractivity contribution in [2.75, 3.05) is 13.2 Å². The number of aromatic nitrogens is 1. The summed E-state index contributed by atoms with van der Waals surface area (Å²) in [6, 6.07) is 6.85. The zero-order valence-corrected chi connectivity index (χ0v) is 16.9. The molecule has 1 aromatic carbocycles. The molecule has 0 fully saturated rings. The average Bonchev–Trinajstić information content (AvgIpc) is 2.73. The number of carbonyl (C=O) groups excluding carboxylic acids is 2. The van der Waals surface area contributed by atoms with Crippen LogP contribution in [-0.4, -0.2) is 47.2 Å². The predicted molar refractivity (Wildman–Crippen MR) is 111 cm³/mol. The molecule has 1 heterocycles. The number of benzene rings is 1. The lowest BCUT2D eigenvalue weighted by Gasteiger charge is -2.19. The highest BCUT2D eigenvalue weighted by atomic mass is 35.5. The molecule has 9 heteroatoms. The number of ether oxygens (including phenoxy) is 1. The van der Waals surface area contributed by atoms with Gasteiger partial charge in [0.2, 0.25) is 5.91 Å². The van der Waals surface area contributed by atoms with E-state index in [1.807, 2.05) is 0 Å². The maximum atomic E-state index is 13.4. The van der Waals surface area contributed by atoms with E-state index in [0.717, 1.165) is 11.6 Å². The van der Waals surface area contributed by atoms with Crippen LogP contribution in [0.5, 0.6) is 5.75 Å². The number of carbonyl (C=O) groups is 2. The Morgan fingerprint density at radius 3 is 2.80 bits per heavy atom. The van der Waals surface area contributed by atoms with E-state index in [1.165, 1.54) is 18.2 Å². The van der Waals surface area contributed by atoms with Gasteiger partial charge < -0.3 is 20.5 Å². The van der Waals surface area contributed by atoms with Crippen molar-refractivity contribution in [1.29, 1.82) is 0 Å². The Morgan fingerprint density at radius 2 is 2.13 bits per heavy atom. The third-order valence-electron chi connectivity index (χ3n) is 4.04. The number of hydrogen-bond acceptors (Lipinski definition) is 5. The Labute approximate surface area is 178 Å². The third kappa shape index (κ3) is 8.18. The molecule has 2 rings (SSSR count). The van der Waals surface area contributed by atoms with Crippen LogP contribution in [0.3, 0.4) is 0 Å². The lowest BCUT2D eigenvalue weighted by Crippen LogP contribution is -2.41. The Bertz CT molecular complexity index is 867.